The summed E-state index contributed by atoms with van der Waals surface area (Å²) in [7, 11) is 0. The number of para-hydroxylation sites is 3. The zero-order chi connectivity index (χ0) is 61.2. The maximum absolute atomic E-state index is 5.54. The molecule has 0 saturated carbocycles. The molecule has 0 radical (unpaired) electrons. The molecular formula is C76H120O12. The van der Waals surface area contributed by atoms with Crippen molar-refractivity contribution in [3.8, 4) is 34.5 Å². The van der Waals surface area contributed by atoms with Gasteiger partial charge in [0.2, 0.25) is 0 Å². The van der Waals surface area contributed by atoms with E-state index in [1.54, 1.807) is 0 Å². The molecular weight excluding hydrogens is 1100 g/mol. The fourth-order valence-corrected chi connectivity index (χ4v) is 6.16. The predicted octanol–water partition coefficient (Wildman–Crippen LogP) is 18.8. The standard InChI is InChI=1S/6C10H12O2.4C3H8.4CH4/c3*1-8-2-4-9(5-3-8)11-6-10-7-12-10;3*1-8-4-2-3-5-10(8)12-7-9-6-11-9;4*1-3-2;;;;/h3*2-5,10H,6-7H2,1H3;3*2-5,9H,6-7H2,1H3;4*3H2,1-2H3;4*1H4. The van der Waals surface area contributed by atoms with Crippen molar-refractivity contribution in [3.05, 3.63) is 179 Å². The van der Waals surface area contributed by atoms with Gasteiger partial charge in [-0.1, -0.05) is 218 Å². The molecule has 6 aromatic carbocycles. The van der Waals surface area contributed by atoms with Crippen LogP contribution in [0.15, 0.2) is 146 Å². The van der Waals surface area contributed by atoms with Crippen LogP contribution in [0.1, 0.15) is 144 Å². The van der Waals surface area contributed by atoms with E-state index in [4.69, 9.17) is 56.8 Å². The molecule has 0 aliphatic carbocycles. The van der Waals surface area contributed by atoms with Crippen molar-refractivity contribution < 1.29 is 56.8 Å². The van der Waals surface area contributed by atoms with Crippen molar-refractivity contribution in [2.45, 2.75) is 189 Å². The van der Waals surface area contributed by atoms with Crippen molar-refractivity contribution in [1.82, 2.24) is 0 Å². The number of benzene rings is 6. The minimum atomic E-state index is 0. The van der Waals surface area contributed by atoms with E-state index in [0.29, 0.717) is 76.3 Å². The lowest BCUT2D eigenvalue weighted by atomic mass is 10.2. The Bertz CT molecular complexity index is 2230. The summed E-state index contributed by atoms with van der Waals surface area (Å²) in [6.07, 6.45) is 7.03. The number of ether oxygens (including phenoxy) is 12. The molecule has 6 heterocycles. The molecule has 6 fully saturated rings. The Hall–Kier alpha value is -6.12. The van der Waals surface area contributed by atoms with Gasteiger partial charge in [-0.2, -0.15) is 0 Å². The molecule has 12 nitrogen and oxygen atoms in total. The number of rotatable bonds is 18. The van der Waals surface area contributed by atoms with E-state index in [0.717, 1.165) is 74.1 Å². The zero-order valence-electron chi connectivity index (χ0n) is 53.5. The van der Waals surface area contributed by atoms with Gasteiger partial charge in [-0.25, -0.2) is 0 Å². The molecule has 0 N–H and O–H groups in total. The Morgan fingerprint density at radius 1 is 0.261 bits per heavy atom. The first-order chi connectivity index (χ1) is 40.8. The highest BCUT2D eigenvalue weighted by Crippen LogP contribution is 2.22. The smallest absolute Gasteiger partial charge is 0.122 e. The molecule has 12 rings (SSSR count). The first-order valence-corrected chi connectivity index (χ1v) is 30.6. The highest BCUT2D eigenvalue weighted by Gasteiger charge is 2.26. The Kier molecular flexibility index (Phi) is 49.3. The summed E-state index contributed by atoms with van der Waals surface area (Å²) in [4.78, 5) is 0. The second kappa shape index (κ2) is 51.7. The molecule has 0 spiro atoms. The normalized spacial score (nSPS) is 17.7. The second-order valence-electron chi connectivity index (χ2n) is 21.2. The van der Waals surface area contributed by atoms with E-state index in [2.05, 4.69) is 76.2 Å². The predicted molar refractivity (Wildman–Crippen MR) is 369 cm³/mol. The van der Waals surface area contributed by atoms with Gasteiger partial charge in [0.25, 0.3) is 0 Å². The maximum Gasteiger partial charge on any atom is 0.122 e. The Balaban J connectivity index is 0. The van der Waals surface area contributed by atoms with E-state index in [9.17, 15) is 0 Å². The van der Waals surface area contributed by atoms with E-state index >= 15 is 0 Å². The lowest BCUT2D eigenvalue weighted by molar-refractivity contribution is 0.262. The number of epoxide rings is 6. The fourth-order valence-electron chi connectivity index (χ4n) is 6.16. The van der Waals surface area contributed by atoms with Crippen molar-refractivity contribution >= 4 is 0 Å². The summed E-state index contributed by atoms with van der Waals surface area (Å²) in [6.45, 7) is 38.5. The maximum atomic E-state index is 5.54. The topological polar surface area (TPSA) is 131 Å². The SMILES string of the molecule is C.C.C.C.CCC.CCC.CCC.CCC.Cc1ccc(OCC2CO2)cc1.Cc1ccc(OCC2CO2)cc1.Cc1ccc(OCC2CO2)cc1.Cc1ccccc1OCC1CO1.Cc1ccccc1OCC1CO1.Cc1ccccc1OCC1CO1. The van der Waals surface area contributed by atoms with Crippen LogP contribution in [0.5, 0.6) is 34.5 Å². The van der Waals surface area contributed by atoms with E-state index in [-0.39, 0.29) is 29.7 Å². The fraction of sp³-hybridized carbons (Fsp3) is 0.526. The summed E-state index contributed by atoms with van der Waals surface area (Å²) in [5.74, 6) is 5.68. The molecule has 6 aliphatic heterocycles. The molecule has 496 valence electrons. The van der Waals surface area contributed by atoms with Gasteiger partial charge in [0.1, 0.15) is 111 Å². The minimum Gasteiger partial charge on any atom is -0.491 e. The van der Waals surface area contributed by atoms with Gasteiger partial charge < -0.3 is 56.8 Å². The van der Waals surface area contributed by atoms with Crippen LogP contribution in [-0.4, -0.2) is 116 Å². The third kappa shape index (κ3) is 45.2. The summed E-state index contributed by atoms with van der Waals surface area (Å²) < 4.78 is 63.2. The van der Waals surface area contributed by atoms with E-state index in [1.165, 1.54) is 59.1 Å². The molecule has 0 aromatic heterocycles. The van der Waals surface area contributed by atoms with Gasteiger partial charge in [0.05, 0.1) is 39.6 Å². The van der Waals surface area contributed by atoms with Gasteiger partial charge in [-0.05, 0) is 113 Å². The van der Waals surface area contributed by atoms with E-state index < -0.39 is 0 Å². The van der Waals surface area contributed by atoms with Crippen LogP contribution < -0.4 is 28.4 Å². The average Bonchev–Trinajstić information content (AvgIpc) is 4.44. The second-order valence-corrected chi connectivity index (χ2v) is 21.2. The Morgan fingerprint density at radius 3 is 0.580 bits per heavy atom. The summed E-state index contributed by atoms with van der Waals surface area (Å²) in [6, 6.07) is 48.2. The highest BCUT2D eigenvalue weighted by molar-refractivity contribution is 5.34. The van der Waals surface area contributed by atoms with Crippen LogP contribution in [0, 0.1) is 41.5 Å². The molecule has 6 aliphatic rings. The summed E-state index contributed by atoms with van der Waals surface area (Å²) >= 11 is 0. The minimum absolute atomic E-state index is 0. The van der Waals surface area contributed by atoms with Crippen molar-refractivity contribution in [1.29, 1.82) is 0 Å². The van der Waals surface area contributed by atoms with Crippen molar-refractivity contribution in [2.75, 3.05) is 79.3 Å². The Labute approximate surface area is 536 Å². The third-order valence-electron chi connectivity index (χ3n) is 11.3. The summed E-state index contributed by atoms with van der Waals surface area (Å²) in [5, 5.41) is 0. The zero-order valence-corrected chi connectivity index (χ0v) is 53.5. The quantitative estimate of drug-likeness (QED) is 0.0759. The molecule has 6 saturated heterocycles. The van der Waals surface area contributed by atoms with E-state index in [1.807, 2.05) is 166 Å². The van der Waals surface area contributed by atoms with Crippen molar-refractivity contribution in [3.63, 3.8) is 0 Å². The van der Waals surface area contributed by atoms with Gasteiger partial charge in [-0.15, -0.1) is 0 Å². The average molecular weight is 1230 g/mol. The van der Waals surface area contributed by atoms with Crippen molar-refractivity contribution in [2.24, 2.45) is 0 Å². The summed E-state index contributed by atoms with van der Waals surface area (Å²) in [5.41, 5.74) is 7.30. The lowest BCUT2D eigenvalue weighted by Gasteiger charge is -2.06. The monoisotopic (exact) mass is 1220 g/mol. The van der Waals surface area contributed by atoms with Gasteiger partial charge >= 0.3 is 0 Å². The molecule has 0 bridgehead atoms. The third-order valence-corrected chi connectivity index (χ3v) is 11.3. The molecule has 12 heteroatoms. The van der Waals surface area contributed by atoms with Crippen LogP contribution in [0.3, 0.4) is 0 Å². The molecule has 0 amide bonds. The van der Waals surface area contributed by atoms with Gasteiger partial charge in [0, 0.05) is 0 Å². The van der Waals surface area contributed by atoms with Crippen LogP contribution in [-0.2, 0) is 28.4 Å². The molecule has 6 unspecified atom stereocenters. The van der Waals surface area contributed by atoms with Gasteiger partial charge in [-0.3, -0.25) is 0 Å². The van der Waals surface area contributed by atoms with Crippen LogP contribution in [0.25, 0.3) is 0 Å². The number of aryl methyl sites for hydroxylation is 6. The molecule has 6 aromatic rings. The largest absolute Gasteiger partial charge is 0.491 e. The number of hydrogen-bond acceptors (Lipinski definition) is 12. The first kappa shape index (κ1) is 83.9. The van der Waals surface area contributed by atoms with Gasteiger partial charge in [0.15, 0.2) is 0 Å². The molecule has 6 atom stereocenters. The number of hydrogen-bond donors (Lipinski definition) is 0. The van der Waals surface area contributed by atoms with Crippen LogP contribution in [0.2, 0.25) is 0 Å². The Morgan fingerprint density at radius 2 is 0.420 bits per heavy atom. The van der Waals surface area contributed by atoms with Crippen LogP contribution in [0.4, 0.5) is 0 Å². The highest BCUT2D eigenvalue weighted by atomic mass is 16.6. The van der Waals surface area contributed by atoms with Crippen LogP contribution >= 0.6 is 0 Å². The lowest BCUT2D eigenvalue weighted by Crippen LogP contribution is -2.04. The first-order valence-electron chi connectivity index (χ1n) is 30.6. The molecule has 88 heavy (non-hydrogen) atoms.